The Morgan fingerprint density at radius 3 is 2.88 bits per heavy atom. The predicted octanol–water partition coefficient (Wildman–Crippen LogP) is 0.675. The predicted molar refractivity (Wildman–Crippen MR) is 57.6 cm³/mol. The maximum Gasteiger partial charge on any atom is 0.271 e. The number of aromatic nitrogens is 4. The molecule has 2 rings (SSSR count). The number of rotatable bonds is 2. The van der Waals surface area contributed by atoms with Crippen LogP contribution in [0.15, 0.2) is 24.7 Å². The second-order valence-electron chi connectivity index (χ2n) is 2.96. The van der Waals surface area contributed by atoms with Gasteiger partial charge in [0, 0.05) is 13.2 Å². The van der Waals surface area contributed by atoms with Crippen LogP contribution in [0.2, 0.25) is 5.15 Å². The van der Waals surface area contributed by atoms with Gasteiger partial charge in [0.15, 0.2) is 11.0 Å². The van der Waals surface area contributed by atoms with Crippen LogP contribution in [0.1, 0.15) is 10.5 Å². The number of hydrogen-bond donors (Lipinski definition) is 1. The fourth-order valence-electron chi connectivity index (χ4n) is 1.14. The van der Waals surface area contributed by atoms with Gasteiger partial charge < -0.3 is 5.32 Å². The van der Waals surface area contributed by atoms with E-state index in [4.69, 9.17) is 11.6 Å². The molecule has 1 amide bonds. The molecule has 0 saturated heterocycles. The molecule has 0 saturated carbocycles. The minimum Gasteiger partial charge on any atom is -0.354 e. The van der Waals surface area contributed by atoms with Gasteiger partial charge in [-0.2, -0.15) is 0 Å². The smallest absolute Gasteiger partial charge is 0.271 e. The number of carbonyl (C=O) groups excluding carboxylic acids is 1. The summed E-state index contributed by atoms with van der Waals surface area (Å²) >= 11 is 5.61. The molecule has 0 spiro atoms. The second kappa shape index (κ2) is 4.28. The van der Waals surface area contributed by atoms with Gasteiger partial charge in [0.25, 0.3) is 5.91 Å². The van der Waals surface area contributed by atoms with Crippen LogP contribution in [0.4, 0.5) is 0 Å². The van der Waals surface area contributed by atoms with E-state index in [2.05, 4.69) is 20.5 Å². The normalized spacial score (nSPS) is 10.1. The Hall–Kier alpha value is -1.95. The van der Waals surface area contributed by atoms with Crippen molar-refractivity contribution in [3.63, 3.8) is 0 Å². The lowest BCUT2D eigenvalue weighted by Gasteiger charge is -1.98. The molecule has 2 aromatic rings. The average molecular weight is 238 g/mol. The maximum absolute atomic E-state index is 11.3. The molecule has 0 aliphatic carbocycles. The van der Waals surface area contributed by atoms with E-state index in [1.54, 1.807) is 29.9 Å². The van der Waals surface area contributed by atoms with Crippen molar-refractivity contribution >= 4 is 17.5 Å². The standard InChI is InChI=1S/C9H8ClN5O/c1-11-9(16)6-4-15(5-12-6)8-3-2-7(10)13-14-8/h2-5H,1H3,(H,11,16). The van der Waals surface area contributed by atoms with Crippen LogP contribution in [0, 0.1) is 0 Å². The molecule has 0 aromatic carbocycles. The number of amides is 1. The van der Waals surface area contributed by atoms with Gasteiger partial charge in [-0.05, 0) is 12.1 Å². The van der Waals surface area contributed by atoms with Crippen LogP contribution in [-0.2, 0) is 0 Å². The number of imidazole rings is 1. The van der Waals surface area contributed by atoms with Gasteiger partial charge in [-0.3, -0.25) is 9.36 Å². The van der Waals surface area contributed by atoms with Crippen LogP contribution in [-0.4, -0.2) is 32.7 Å². The molecule has 0 bridgehead atoms. The summed E-state index contributed by atoms with van der Waals surface area (Å²) < 4.78 is 1.59. The van der Waals surface area contributed by atoms with Crippen molar-refractivity contribution in [3.05, 3.63) is 35.5 Å². The van der Waals surface area contributed by atoms with E-state index in [1.807, 2.05) is 0 Å². The molecular formula is C9H8ClN5O. The van der Waals surface area contributed by atoms with Gasteiger partial charge in [0.1, 0.15) is 12.0 Å². The minimum absolute atomic E-state index is 0.249. The van der Waals surface area contributed by atoms with E-state index in [0.717, 1.165) is 0 Å². The number of nitrogens with one attached hydrogen (secondary N) is 1. The second-order valence-corrected chi connectivity index (χ2v) is 3.35. The monoisotopic (exact) mass is 237 g/mol. The molecule has 82 valence electrons. The molecule has 0 unspecified atom stereocenters. The first kappa shape index (κ1) is 10.6. The van der Waals surface area contributed by atoms with Gasteiger partial charge in [0.2, 0.25) is 0 Å². The summed E-state index contributed by atoms with van der Waals surface area (Å²) in [7, 11) is 1.55. The minimum atomic E-state index is -0.249. The summed E-state index contributed by atoms with van der Waals surface area (Å²) in [5.41, 5.74) is 0.319. The van der Waals surface area contributed by atoms with Crippen molar-refractivity contribution in [1.82, 2.24) is 25.1 Å². The highest BCUT2D eigenvalue weighted by atomic mass is 35.5. The maximum atomic E-state index is 11.3. The van der Waals surface area contributed by atoms with Crippen molar-refractivity contribution in [1.29, 1.82) is 0 Å². The van der Waals surface area contributed by atoms with Crippen LogP contribution in [0.5, 0.6) is 0 Å². The first-order chi connectivity index (χ1) is 7.70. The van der Waals surface area contributed by atoms with E-state index < -0.39 is 0 Å². The summed E-state index contributed by atoms with van der Waals surface area (Å²) in [6, 6.07) is 3.30. The van der Waals surface area contributed by atoms with Crippen molar-refractivity contribution in [2.45, 2.75) is 0 Å². The fourth-order valence-corrected chi connectivity index (χ4v) is 1.24. The Balaban J connectivity index is 2.31. The zero-order valence-electron chi connectivity index (χ0n) is 8.38. The summed E-state index contributed by atoms with van der Waals surface area (Å²) in [6.07, 6.45) is 3.05. The molecule has 0 radical (unpaired) electrons. The summed E-state index contributed by atoms with van der Waals surface area (Å²) in [4.78, 5) is 15.2. The average Bonchev–Trinajstić information content (AvgIpc) is 2.78. The Bertz CT molecular complexity index is 507. The summed E-state index contributed by atoms with van der Waals surface area (Å²) in [5, 5.41) is 10.4. The Morgan fingerprint density at radius 1 is 1.44 bits per heavy atom. The zero-order valence-corrected chi connectivity index (χ0v) is 9.14. The zero-order chi connectivity index (χ0) is 11.5. The lowest BCUT2D eigenvalue weighted by molar-refractivity contribution is 0.0958. The lowest BCUT2D eigenvalue weighted by atomic mass is 10.4. The van der Waals surface area contributed by atoms with Gasteiger partial charge >= 0.3 is 0 Å². The van der Waals surface area contributed by atoms with E-state index in [9.17, 15) is 4.79 Å². The number of nitrogens with zero attached hydrogens (tertiary/aromatic N) is 4. The molecule has 2 aromatic heterocycles. The Morgan fingerprint density at radius 2 is 2.25 bits per heavy atom. The van der Waals surface area contributed by atoms with Gasteiger partial charge in [0.05, 0.1) is 0 Å². The molecule has 0 aliphatic heterocycles. The highest BCUT2D eigenvalue weighted by Crippen LogP contribution is 2.07. The number of hydrogen-bond acceptors (Lipinski definition) is 4. The Kier molecular flexibility index (Phi) is 2.82. The van der Waals surface area contributed by atoms with Crippen molar-refractivity contribution < 1.29 is 4.79 Å². The number of halogens is 1. The first-order valence-corrected chi connectivity index (χ1v) is 4.84. The molecule has 0 atom stereocenters. The summed E-state index contributed by atoms with van der Waals surface area (Å²) in [6.45, 7) is 0. The molecule has 16 heavy (non-hydrogen) atoms. The number of carbonyl (C=O) groups is 1. The third-order valence-corrected chi connectivity index (χ3v) is 2.13. The van der Waals surface area contributed by atoms with E-state index in [0.29, 0.717) is 16.7 Å². The van der Waals surface area contributed by atoms with Gasteiger partial charge in [-0.15, -0.1) is 10.2 Å². The SMILES string of the molecule is CNC(=O)c1cn(-c2ccc(Cl)nn2)cn1. The van der Waals surface area contributed by atoms with Crippen molar-refractivity contribution in [3.8, 4) is 5.82 Å². The van der Waals surface area contributed by atoms with Gasteiger partial charge in [-0.1, -0.05) is 11.6 Å². The topological polar surface area (TPSA) is 72.7 Å². The van der Waals surface area contributed by atoms with Crippen molar-refractivity contribution in [2.24, 2.45) is 0 Å². The molecule has 6 nitrogen and oxygen atoms in total. The molecule has 0 fully saturated rings. The van der Waals surface area contributed by atoms with E-state index in [1.165, 1.54) is 6.33 Å². The van der Waals surface area contributed by atoms with Crippen LogP contribution in [0.25, 0.3) is 5.82 Å². The molecule has 7 heteroatoms. The molecular weight excluding hydrogens is 230 g/mol. The molecule has 0 aliphatic rings. The van der Waals surface area contributed by atoms with E-state index >= 15 is 0 Å². The highest BCUT2D eigenvalue weighted by Gasteiger charge is 2.08. The quantitative estimate of drug-likeness (QED) is 0.834. The van der Waals surface area contributed by atoms with E-state index in [-0.39, 0.29) is 5.91 Å². The van der Waals surface area contributed by atoms with Gasteiger partial charge in [-0.25, -0.2) is 4.98 Å². The third-order valence-electron chi connectivity index (χ3n) is 1.92. The first-order valence-electron chi connectivity index (χ1n) is 4.46. The van der Waals surface area contributed by atoms with Crippen LogP contribution in [0.3, 0.4) is 0 Å². The van der Waals surface area contributed by atoms with Crippen LogP contribution < -0.4 is 5.32 Å². The van der Waals surface area contributed by atoms with Crippen LogP contribution >= 0.6 is 11.6 Å². The molecule has 2 heterocycles. The lowest BCUT2D eigenvalue weighted by Crippen LogP contribution is -2.18. The third kappa shape index (κ3) is 2.01. The fraction of sp³-hybridized carbons (Fsp3) is 0.111. The Labute approximate surface area is 96.3 Å². The molecule has 1 N–H and O–H groups in total. The highest BCUT2D eigenvalue weighted by molar-refractivity contribution is 6.29. The summed E-state index contributed by atoms with van der Waals surface area (Å²) in [5.74, 6) is 0.299. The van der Waals surface area contributed by atoms with Crippen molar-refractivity contribution in [2.75, 3.05) is 7.05 Å². The largest absolute Gasteiger partial charge is 0.354 e.